The molecule has 1 aliphatic rings. The molecule has 0 spiro atoms. The topological polar surface area (TPSA) is 103 Å². The summed E-state index contributed by atoms with van der Waals surface area (Å²) in [7, 11) is 3.77. The molecule has 1 fully saturated rings. The summed E-state index contributed by atoms with van der Waals surface area (Å²) >= 11 is 0. The zero-order valence-electron chi connectivity index (χ0n) is 15.2. The lowest BCUT2D eigenvalue weighted by Crippen LogP contribution is -2.35. The van der Waals surface area contributed by atoms with E-state index in [1.165, 1.54) is 11.2 Å². The first-order chi connectivity index (χ1) is 12.3. The molecule has 0 aliphatic carbocycles. The highest BCUT2D eigenvalue weighted by Crippen LogP contribution is 2.40. The first-order valence-electron chi connectivity index (χ1n) is 8.31. The minimum Gasteiger partial charge on any atom is -0.507 e. The minimum atomic E-state index is -0.765. The third-order valence-electron chi connectivity index (χ3n) is 4.51. The van der Waals surface area contributed by atoms with Crippen molar-refractivity contribution in [2.75, 3.05) is 27.2 Å². The van der Waals surface area contributed by atoms with Gasteiger partial charge in [0.1, 0.15) is 17.6 Å². The Bertz CT molecular complexity index is 844. The predicted octanol–water partition coefficient (Wildman–Crippen LogP) is 1.60. The number of aliphatic hydroxyl groups is 1. The number of hydrogen-bond acceptors (Lipinski definition) is 6. The molecule has 0 radical (unpaired) electrons. The van der Waals surface area contributed by atoms with Crippen molar-refractivity contribution in [1.29, 1.82) is 0 Å². The highest BCUT2D eigenvalue weighted by Gasteiger charge is 2.47. The molecule has 8 heteroatoms. The molecule has 3 rings (SSSR count). The van der Waals surface area contributed by atoms with Gasteiger partial charge in [-0.05, 0) is 40.1 Å². The van der Waals surface area contributed by atoms with E-state index < -0.39 is 17.7 Å². The summed E-state index contributed by atoms with van der Waals surface area (Å²) in [6, 6.07) is 2.62. The number of furan rings is 1. The quantitative estimate of drug-likeness (QED) is 0.478. The van der Waals surface area contributed by atoms with Crippen LogP contribution in [0.5, 0.6) is 0 Å². The largest absolute Gasteiger partial charge is 0.507 e. The average molecular weight is 358 g/mol. The molecule has 0 saturated carbocycles. The number of aromatic amines is 1. The summed E-state index contributed by atoms with van der Waals surface area (Å²) < 4.78 is 5.48. The van der Waals surface area contributed by atoms with Gasteiger partial charge in [-0.25, -0.2) is 0 Å². The third kappa shape index (κ3) is 2.92. The van der Waals surface area contributed by atoms with Gasteiger partial charge in [-0.15, -0.1) is 0 Å². The third-order valence-corrected chi connectivity index (χ3v) is 4.51. The van der Waals surface area contributed by atoms with E-state index in [1.54, 1.807) is 26.0 Å². The fraction of sp³-hybridized carbons (Fsp3) is 0.389. The highest BCUT2D eigenvalue weighted by atomic mass is 16.3. The molecule has 1 saturated heterocycles. The Morgan fingerprint density at radius 1 is 1.38 bits per heavy atom. The van der Waals surface area contributed by atoms with Gasteiger partial charge in [0, 0.05) is 18.8 Å². The van der Waals surface area contributed by atoms with Crippen LogP contribution in [0.15, 0.2) is 28.4 Å². The molecule has 0 bridgehead atoms. The summed E-state index contributed by atoms with van der Waals surface area (Å²) in [5.74, 6) is -1.17. The smallest absolute Gasteiger partial charge is 0.295 e. The molecule has 3 heterocycles. The fourth-order valence-corrected chi connectivity index (χ4v) is 3.20. The van der Waals surface area contributed by atoms with E-state index in [-0.39, 0.29) is 11.3 Å². The molecule has 0 aromatic carbocycles. The Hall–Kier alpha value is -2.87. The molecule has 2 aromatic heterocycles. The number of carbonyl (C=O) groups is 2. The minimum absolute atomic E-state index is 0.0244. The average Bonchev–Trinajstić information content (AvgIpc) is 3.27. The Balaban J connectivity index is 2.14. The lowest BCUT2D eigenvalue weighted by molar-refractivity contribution is -0.140. The molecule has 1 atom stereocenters. The van der Waals surface area contributed by atoms with Gasteiger partial charge in [0.2, 0.25) is 0 Å². The maximum atomic E-state index is 12.7. The van der Waals surface area contributed by atoms with Gasteiger partial charge in [-0.2, -0.15) is 5.10 Å². The number of Topliss-reactive ketones (excluding diaryl/α,β-unsaturated/α-hetero) is 1. The Morgan fingerprint density at radius 2 is 2.12 bits per heavy atom. The number of ketones is 1. The van der Waals surface area contributed by atoms with Crippen LogP contribution in [0.25, 0.3) is 5.76 Å². The van der Waals surface area contributed by atoms with Crippen LogP contribution in [-0.4, -0.2) is 64.0 Å². The normalized spacial score (nSPS) is 19.7. The van der Waals surface area contributed by atoms with E-state index in [0.29, 0.717) is 35.8 Å². The maximum absolute atomic E-state index is 12.7. The second-order valence-electron chi connectivity index (χ2n) is 6.62. The van der Waals surface area contributed by atoms with Gasteiger partial charge in [0.05, 0.1) is 23.1 Å². The number of H-pyrrole nitrogens is 1. The van der Waals surface area contributed by atoms with Crippen molar-refractivity contribution >= 4 is 17.4 Å². The standard InChI is InChI=1S/C18H22N4O4/c1-10-13(11(2)20-19-10)16(23)14-15(12-6-5-9-26-12)22(8-7-21(3)4)18(25)17(14)24/h5-6,9,15,23H,7-8H2,1-4H3,(H,19,20)/b16-14+/t15-/m1/s1. The van der Waals surface area contributed by atoms with Crippen molar-refractivity contribution in [3.63, 3.8) is 0 Å². The Morgan fingerprint density at radius 3 is 2.65 bits per heavy atom. The highest BCUT2D eigenvalue weighted by molar-refractivity contribution is 6.46. The lowest BCUT2D eigenvalue weighted by atomic mass is 9.98. The van der Waals surface area contributed by atoms with E-state index in [9.17, 15) is 14.7 Å². The predicted molar refractivity (Wildman–Crippen MR) is 94.3 cm³/mol. The summed E-state index contributed by atoms with van der Waals surface area (Å²) in [6.45, 7) is 4.39. The monoisotopic (exact) mass is 358 g/mol. The number of rotatable bonds is 5. The van der Waals surface area contributed by atoms with Crippen LogP contribution in [0, 0.1) is 13.8 Å². The van der Waals surface area contributed by atoms with Gasteiger partial charge in [-0.3, -0.25) is 14.7 Å². The number of aliphatic hydroxyl groups excluding tert-OH is 1. The van der Waals surface area contributed by atoms with E-state index in [1.807, 2.05) is 19.0 Å². The zero-order chi connectivity index (χ0) is 19.0. The van der Waals surface area contributed by atoms with Crippen LogP contribution >= 0.6 is 0 Å². The first kappa shape index (κ1) is 17.9. The van der Waals surface area contributed by atoms with Crippen LogP contribution in [0.1, 0.15) is 28.8 Å². The van der Waals surface area contributed by atoms with Crippen LogP contribution in [0.2, 0.25) is 0 Å². The van der Waals surface area contributed by atoms with Gasteiger partial charge < -0.3 is 19.3 Å². The summed E-state index contributed by atoms with van der Waals surface area (Å²) in [5, 5.41) is 17.7. The summed E-state index contributed by atoms with van der Waals surface area (Å²) in [6.07, 6.45) is 1.48. The number of nitrogens with zero attached hydrogens (tertiary/aromatic N) is 3. The van der Waals surface area contributed by atoms with Crippen LogP contribution in [0.3, 0.4) is 0 Å². The van der Waals surface area contributed by atoms with Gasteiger partial charge >= 0.3 is 0 Å². The number of aryl methyl sites for hydroxylation is 2. The molecule has 138 valence electrons. The number of amides is 1. The summed E-state index contributed by atoms with van der Waals surface area (Å²) in [4.78, 5) is 28.7. The van der Waals surface area contributed by atoms with Gasteiger partial charge in [-0.1, -0.05) is 0 Å². The number of nitrogens with one attached hydrogen (secondary N) is 1. The van der Waals surface area contributed by atoms with Gasteiger partial charge in [0.15, 0.2) is 0 Å². The molecule has 1 aliphatic heterocycles. The maximum Gasteiger partial charge on any atom is 0.295 e. The second-order valence-corrected chi connectivity index (χ2v) is 6.62. The molecule has 2 N–H and O–H groups in total. The number of likely N-dealkylation sites (N-methyl/N-ethyl adjacent to an activating group) is 1. The molecule has 26 heavy (non-hydrogen) atoms. The van der Waals surface area contributed by atoms with E-state index >= 15 is 0 Å². The number of aromatic nitrogens is 2. The van der Waals surface area contributed by atoms with E-state index in [0.717, 1.165) is 0 Å². The van der Waals surface area contributed by atoms with Crippen molar-refractivity contribution in [2.45, 2.75) is 19.9 Å². The van der Waals surface area contributed by atoms with Crippen molar-refractivity contribution < 1.29 is 19.1 Å². The molecular formula is C18H22N4O4. The van der Waals surface area contributed by atoms with Gasteiger partial charge in [0.25, 0.3) is 11.7 Å². The van der Waals surface area contributed by atoms with Crippen molar-refractivity contribution in [2.24, 2.45) is 0 Å². The fourth-order valence-electron chi connectivity index (χ4n) is 3.20. The van der Waals surface area contributed by atoms with Crippen molar-refractivity contribution in [3.05, 3.63) is 46.7 Å². The van der Waals surface area contributed by atoms with E-state index in [2.05, 4.69) is 10.2 Å². The first-order valence-corrected chi connectivity index (χ1v) is 8.31. The number of likely N-dealkylation sites (tertiary alicyclic amines) is 1. The Kier molecular flexibility index (Phi) is 4.69. The molecule has 0 unspecified atom stereocenters. The SMILES string of the molecule is Cc1n[nH]c(C)c1/C(O)=C1\C(=O)C(=O)N(CCN(C)C)[C@@H]1c1ccco1. The molecular weight excluding hydrogens is 336 g/mol. The Labute approximate surface area is 151 Å². The van der Waals surface area contributed by atoms with Crippen LogP contribution < -0.4 is 0 Å². The molecule has 2 aromatic rings. The van der Waals surface area contributed by atoms with Crippen molar-refractivity contribution in [1.82, 2.24) is 20.0 Å². The zero-order valence-corrected chi connectivity index (χ0v) is 15.2. The number of carbonyl (C=O) groups excluding carboxylic acids is 2. The lowest BCUT2D eigenvalue weighted by Gasteiger charge is -2.24. The number of hydrogen-bond donors (Lipinski definition) is 2. The van der Waals surface area contributed by atoms with E-state index in [4.69, 9.17) is 4.42 Å². The summed E-state index contributed by atoms with van der Waals surface area (Å²) in [5.41, 5.74) is 1.64. The molecule has 1 amide bonds. The van der Waals surface area contributed by atoms with Crippen LogP contribution in [0.4, 0.5) is 0 Å². The second kappa shape index (κ2) is 6.80. The molecule has 8 nitrogen and oxygen atoms in total. The van der Waals surface area contributed by atoms with Crippen LogP contribution in [-0.2, 0) is 9.59 Å². The van der Waals surface area contributed by atoms with Crippen molar-refractivity contribution in [3.8, 4) is 0 Å².